The second kappa shape index (κ2) is 10.3. The molecule has 0 N–H and O–H groups in total. The van der Waals surface area contributed by atoms with Crippen LogP contribution in [0, 0.1) is 0 Å². The summed E-state index contributed by atoms with van der Waals surface area (Å²) in [4.78, 5) is 0. The fourth-order valence-electron chi connectivity index (χ4n) is 6.04. The predicted octanol–water partition coefficient (Wildman–Crippen LogP) is 4.67. The van der Waals surface area contributed by atoms with Crippen LogP contribution in [-0.4, -0.2) is 23.3 Å². The molecule has 0 amide bonds. The van der Waals surface area contributed by atoms with Crippen LogP contribution in [-0.2, 0) is 0 Å². The van der Waals surface area contributed by atoms with Gasteiger partial charge in [0.15, 0.2) is 0 Å². The van der Waals surface area contributed by atoms with Crippen molar-refractivity contribution in [3.05, 3.63) is 146 Å². The molecule has 5 aromatic rings. The third kappa shape index (κ3) is 4.42. The molecule has 0 saturated heterocycles. The molecular weight excluding hydrogens is 493 g/mol. The van der Waals surface area contributed by atoms with Gasteiger partial charge in [0.2, 0.25) is 0 Å². The lowest BCUT2D eigenvalue weighted by Crippen LogP contribution is -2.83. The quantitative estimate of drug-likeness (QED) is 0.269. The molecule has 1 atom stereocenters. The molecule has 0 bridgehead atoms. The number of hydrogen-bond acceptors (Lipinski definition) is 0. The summed E-state index contributed by atoms with van der Waals surface area (Å²) in [7, 11) is -6.22. The molecule has 3 heteroatoms. The SMILES string of the molecule is C[Si](C)(c1ccccc1)c1ccc([Si](C)(c2ccccc2)[Si](C)(c2ccccc2)c2ccccc2)cc1. The van der Waals surface area contributed by atoms with Crippen molar-refractivity contribution in [2.24, 2.45) is 0 Å². The maximum atomic E-state index is 2.63. The maximum absolute atomic E-state index is 2.63. The minimum atomic E-state index is -2.24. The summed E-state index contributed by atoms with van der Waals surface area (Å²) in [6.07, 6.45) is 0. The molecule has 0 heterocycles. The molecular formula is C34H36Si3. The lowest BCUT2D eigenvalue weighted by molar-refractivity contribution is 1.66. The van der Waals surface area contributed by atoms with Crippen molar-refractivity contribution >= 4 is 54.4 Å². The molecule has 0 saturated carbocycles. The Morgan fingerprint density at radius 1 is 0.270 bits per heavy atom. The monoisotopic (exact) mass is 528 g/mol. The first-order valence-corrected chi connectivity index (χ1v) is 22.2. The third-order valence-corrected chi connectivity index (χ3v) is 29.7. The summed E-state index contributed by atoms with van der Waals surface area (Å²) in [6.45, 7) is 10.2. The van der Waals surface area contributed by atoms with Gasteiger partial charge in [0.25, 0.3) is 0 Å². The van der Waals surface area contributed by atoms with Gasteiger partial charge in [0, 0.05) is 0 Å². The van der Waals surface area contributed by atoms with E-state index in [1.807, 2.05) is 0 Å². The van der Waals surface area contributed by atoms with E-state index in [9.17, 15) is 0 Å². The van der Waals surface area contributed by atoms with Crippen molar-refractivity contribution in [2.45, 2.75) is 26.2 Å². The van der Waals surface area contributed by atoms with Crippen LogP contribution < -0.4 is 31.1 Å². The minimum absolute atomic E-state index is 1.48. The van der Waals surface area contributed by atoms with E-state index in [1.54, 1.807) is 0 Å². The normalized spacial score (nSPS) is 13.6. The zero-order valence-electron chi connectivity index (χ0n) is 22.4. The molecule has 0 nitrogen and oxygen atoms in total. The highest BCUT2D eigenvalue weighted by molar-refractivity contribution is 7.59. The fraction of sp³-hybridized carbons (Fsp3) is 0.118. The molecule has 0 spiro atoms. The number of benzene rings is 5. The molecule has 184 valence electrons. The third-order valence-electron chi connectivity index (χ3n) is 8.73. The average molecular weight is 529 g/mol. The second-order valence-electron chi connectivity index (χ2n) is 10.9. The Labute approximate surface area is 225 Å². The van der Waals surface area contributed by atoms with Crippen LogP contribution in [0.25, 0.3) is 0 Å². The predicted molar refractivity (Wildman–Crippen MR) is 171 cm³/mol. The van der Waals surface area contributed by atoms with Crippen molar-refractivity contribution in [3.8, 4) is 0 Å². The molecule has 37 heavy (non-hydrogen) atoms. The Bertz CT molecular complexity index is 1390. The van der Waals surface area contributed by atoms with E-state index in [0.29, 0.717) is 0 Å². The van der Waals surface area contributed by atoms with Crippen LogP contribution in [0.3, 0.4) is 0 Å². The molecule has 5 rings (SSSR count). The van der Waals surface area contributed by atoms with Crippen LogP contribution in [0.4, 0.5) is 0 Å². The van der Waals surface area contributed by atoms with Crippen LogP contribution in [0.15, 0.2) is 146 Å². The summed E-state index contributed by atoms with van der Waals surface area (Å²) < 4.78 is 0. The van der Waals surface area contributed by atoms with Crippen LogP contribution in [0.5, 0.6) is 0 Å². The van der Waals surface area contributed by atoms with E-state index in [-0.39, 0.29) is 0 Å². The van der Waals surface area contributed by atoms with E-state index < -0.39 is 23.3 Å². The van der Waals surface area contributed by atoms with E-state index in [4.69, 9.17) is 0 Å². The largest absolute Gasteiger partial charge is 0.118 e. The Morgan fingerprint density at radius 2 is 0.486 bits per heavy atom. The van der Waals surface area contributed by atoms with Gasteiger partial charge in [-0.25, -0.2) is 0 Å². The number of rotatable bonds is 7. The Morgan fingerprint density at radius 3 is 0.811 bits per heavy atom. The first-order valence-electron chi connectivity index (χ1n) is 13.2. The molecule has 1 unspecified atom stereocenters. The van der Waals surface area contributed by atoms with Gasteiger partial charge in [-0.3, -0.25) is 0 Å². The van der Waals surface area contributed by atoms with Gasteiger partial charge in [0.05, 0.1) is 0 Å². The van der Waals surface area contributed by atoms with E-state index in [1.165, 1.54) is 31.1 Å². The van der Waals surface area contributed by atoms with Crippen LogP contribution in [0.1, 0.15) is 0 Å². The van der Waals surface area contributed by atoms with Gasteiger partial charge in [-0.05, 0) is 0 Å². The van der Waals surface area contributed by atoms with Gasteiger partial charge in [-0.1, -0.05) is 203 Å². The first kappa shape index (κ1) is 25.4. The molecule has 0 fully saturated rings. The number of hydrogen-bond donors (Lipinski definition) is 0. The van der Waals surface area contributed by atoms with Crippen LogP contribution >= 0.6 is 0 Å². The first-order chi connectivity index (χ1) is 17.9. The van der Waals surface area contributed by atoms with Gasteiger partial charge < -0.3 is 0 Å². The summed E-state index contributed by atoms with van der Waals surface area (Å²) >= 11 is 0. The topological polar surface area (TPSA) is 0 Å². The smallest absolute Gasteiger partial charge is 0.0629 e. The van der Waals surface area contributed by atoms with Crippen LogP contribution in [0.2, 0.25) is 26.2 Å². The summed E-state index contributed by atoms with van der Waals surface area (Å²) in [5.41, 5.74) is 0. The van der Waals surface area contributed by atoms with Gasteiger partial charge in [-0.2, -0.15) is 0 Å². The molecule has 5 aromatic carbocycles. The average Bonchev–Trinajstić information content (AvgIpc) is 2.98. The second-order valence-corrected chi connectivity index (χ2v) is 28.1. The standard InChI is InChI=1S/C34H36Si3/c1-35(2,29-17-9-5-10-18-29)30-25-27-34(28-26-30)37(4,33-23-15-8-16-24-33)36(3,31-19-11-6-12-20-31)32-21-13-7-14-22-32/h5-28H,1-4H3. The van der Waals surface area contributed by atoms with Crippen molar-refractivity contribution < 1.29 is 0 Å². The molecule has 0 aliphatic rings. The van der Waals surface area contributed by atoms with Gasteiger partial charge in [0.1, 0.15) is 23.3 Å². The minimum Gasteiger partial charge on any atom is -0.0629 e. The lowest BCUT2D eigenvalue weighted by atomic mass is 10.3. The lowest BCUT2D eigenvalue weighted by Gasteiger charge is -2.45. The van der Waals surface area contributed by atoms with Crippen molar-refractivity contribution in [3.63, 3.8) is 0 Å². The summed E-state index contributed by atoms with van der Waals surface area (Å²) in [5, 5.41) is 9.06. The molecule has 0 aromatic heterocycles. The summed E-state index contributed by atoms with van der Waals surface area (Å²) in [5.74, 6) is 0. The van der Waals surface area contributed by atoms with Gasteiger partial charge in [-0.15, -0.1) is 0 Å². The van der Waals surface area contributed by atoms with Crippen molar-refractivity contribution in [2.75, 3.05) is 0 Å². The van der Waals surface area contributed by atoms with E-state index >= 15 is 0 Å². The maximum Gasteiger partial charge on any atom is 0.118 e. The highest BCUT2D eigenvalue weighted by atomic mass is 29.3. The Balaban J connectivity index is 1.73. The Hall–Kier alpha value is -3.25. The molecule has 0 radical (unpaired) electrons. The van der Waals surface area contributed by atoms with Crippen molar-refractivity contribution in [1.29, 1.82) is 0 Å². The van der Waals surface area contributed by atoms with E-state index in [0.717, 1.165) is 0 Å². The van der Waals surface area contributed by atoms with Gasteiger partial charge >= 0.3 is 0 Å². The fourth-order valence-corrected chi connectivity index (χ4v) is 23.7. The zero-order valence-corrected chi connectivity index (χ0v) is 25.4. The zero-order chi connectivity index (χ0) is 25.9. The molecule has 0 aliphatic carbocycles. The Kier molecular flexibility index (Phi) is 7.04. The van der Waals surface area contributed by atoms with Crippen molar-refractivity contribution in [1.82, 2.24) is 0 Å². The highest BCUT2D eigenvalue weighted by Crippen LogP contribution is 2.21. The van der Waals surface area contributed by atoms with E-state index in [2.05, 4.69) is 172 Å². The summed E-state index contributed by atoms with van der Waals surface area (Å²) in [6, 6.07) is 55.1. The molecule has 0 aliphatic heterocycles. The highest BCUT2D eigenvalue weighted by Gasteiger charge is 2.53.